The van der Waals surface area contributed by atoms with Crippen LogP contribution in [0.25, 0.3) is 0 Å². The van der Waals surface area contributed by atoms with E-state index in [1.54, 1.807) is 13.0 Å². The number of amides is 2. The number of nitrogens with zero attached hydrogens (tertiary/aromatic N) is 2. The van der Waals surface area contributed by atoms with E-state index in [1.807, 2.05) is 0 Å². The predicted octanol–water partition coefficient (Wildman–Crippen LogP) is 2.22. The lowest BCUT2D eigenvalue weighted by Crippen LogP contribution is -2.52. The van der Waals surface area contributed by atoms with E-state index < -0.39 is 16.5 Å². The first kappa shape index (κ1) is 15.3. The molecular formula is C15H17N3O5. The van der Waals surface area contributed by atoms with E-state index in [-0.39, 0.29) is 11.7 Å². The molecule has 2 saturated heterocycles. The van der Waals surface area contributed by atoms with Crippen molar-refractivity contribution in [2.24, 2.45) is 0 Å². The van der Waals surface area contributed by atoms with Crippen molar-refractivity contribution in [2.75, 3.05) is 18.5 Å². The number of hydrogen-bond donors (Lipinski definition) is 1. The minimum Gasteiger partial charge on any atom is -0.464 e. The van der Waals surface area contributed by atoms with Crippen molar-refractivity contribution >= 4 is 23.4 Å². The summed E-state index contributed by atoms with van der Waals surface area (Å²) in [4.78, 5) is 36.6. The van der Waals surface area contributed by atoms with Gasteiger partial charge in [-0.05, 0) is 25.8 Å². The number of cyclic esters (lactones) is 1. The number of anilines is 1. The van der Waals surface area contributed by atoms with Crippen molar-refractivity contribution < 1.29 is 19.2 Å². The van der Waals surface area contributed by atoms with Crippen molar-refractivity contribution in [3.63, 3.8) is 0 Å². The highest BCUT2D eigenvalue weighted by Crippen LogP contribution is 2.38. The van der Waals surface area contributed by atoms with Gasteiger partial charge in [0.05, 0.1) is 22.8 Å². The van der Waals surface area contributed by atoms with Gasteiger partial charge in [-0.3, -0.25) is 10.1 Å². The number of likely N-dealkylation sites (tertiary alicyclic amines) is 1. The van der Waals surface area contributed by atoms with Crippen molar-refractivity contribution in [1.29, 1.82) is 0 Å². The first-order valence-electron chi connectivity index (χ1n) is 7.45. The topological polar surface area (TPSA) is 102 Å². The van der Waals surface area contributed by atoms with Crippen LogP contribution in [0.5, 0.6) is 0 Å². The number of esters is 1. The number of benzene rings is 1. The molecule has 8 nitrogen and oxygen atoms in total. The van der Waals surface area contributed by atoms with Gasteiger partial charge in [0, 0.05) is 19.0 Å². The van der Waals surface area contributed by atoms with Crippen LogP contribution in [-0.2, 0) is 9.53 Å². The Kier molecular flexibility index (Phi) is 3.67. The van der Waals surface area contributed by atoms with Crippen LogP contribution in [0.2, 0.25) is 0 Å². The number of urea groups is 1. The number of carbonyl (C=O) groups excluding carboxylic acids is 2. The fourth-order valence-electron chi connectivity index (χ4n) is 3.34. The van der Waals surface area contributed by atoms with Gasteiger partial charge in [0.2, 0.25) is 0 Å². The summed E-state index contributed by atoms with van der Waals surface area (Å²) in [7, 11) is 0. The summed E-state index contributed by atoms with van der Waals surface area (Å²) in [6.07, 6.45) is 1.82. The van der Waals surface area contributed by atoms with Crippen LogP contribution >= 0.6 is 0 Å². The Labute approximate surface area is 132 Å². The minimum absolute atomic E-state index is 0.0563. The molecule has 0 saturated carbocycles. The lowest BCUT2D eigenvalue weighted by molar-refractivity contribution is -0.385. The van der Waals surface area contributed by atoms with Crippen LogP contribution in [0, 0.1) is 17.0 Å². The summed E-state index contributed by atoms with van der Waals surface area (Å²) >= 11 is 0. The monoisotopic (exact) mass is 319 g/mol. The van der Waals surface area contributed by atoms with E-state index in [1.165, 1.54) is 17.0 Å². The lowest BCUT2D eigenvalue weighted by atomic mass is 9.95. The first-order chi connectivity index (χ1) is 11.0. The quantitative estimate of drug-likeness (QED) is 0.511. The van der Waals surface area contributed by atoms with Crippen LogP contribution in [0.1, 0.15) is 24.8 Å². The van der Waals surface area contributed by atoms with Gasteiger partial charge in [-0.2, -0.15) is 0 Å². The molecule has 1 unspecified atom stereocenters. The van der Waals surface area contributed by atoms with Crippen molar-refractivity contribution in [1.82, 2.24) is 4.90 Å². The van der Waals surface area contributed by atoms with Gasteiger partial charge in [-0.1, -0.05) is 6.07 Å². The van der Waals surface area contributed by atoms with Crippen LogP contribution in [-0.4, -0.2) is 40.5 Å². The fraction of sp³-hybridized carbons (Fsp3) is 0.467. The maximum absolute atomic E-state index is 12.6. The average Bonchev–Trinajstić information content (AvgIpc) is 3.09. The van der Waals surface area contributed by atoms with Gasteiger partial charge in [0.1, 0.15) is 5.54 Å². The Morgan fingerprint density at radius 1 is 1.43 bits per heavy atom. The van der Waals surface area contributed by atoms with Crippen LogP contribution < -0.4 is 5.32 Å². The second-order valence-corrected chi connectivity index (χ2v) is 5.81. The van der Waals surface area contributed by atoms with Gasteiger partial charge < -0.3 is 15.0 Å². The predicted molar refractivity (Wildman–Crippen MR) is 81.1 cm³/mol. The molecule has 1 spiro atoms. The van der Waals surface area contributed by atoms with Gasteiger partial charge in [-0.25, -0.2) is 9.59 Å². The molecule has 122 valence electrons. The first-order valence-corrected chi connectivity index (χ1v) is 7.45. The van der Waals surface area contributed by atoms with Crippen LogP contribution in [0.3, 0.4) is 0 Å². The summed E-state index contributed by atoms with van der Waals surface area (Å²) in [5.74, 6) is -0.360. The number of carbonyl (C=O) groups is 2. The van der Waals surface area contributed by atoms with E-state index >= 15 is 0 Å². The Morgan fingerprint density at radius 2 is 2.22 bits per heavy atom. The zero-order valence-corrected chi connectivity index (χ0v) is 12.7. The van der Waals surface area contributed by atoms with E-state index in [4.69, 9.17) is 4.74 Å². The third-order valence-electron chi connectivity index (χ3n) is 4.61. The minimum atomic E-state index is -0.876. The molecule has 0 aromatic heterocycles. The Bertz CT molecular complexity index is 686. The molecule has 8 heteroatoms. The fourth-order valence-corrected chi connectivity index (χ4v) is 3.34. The smallest absolute Gasteiger partial charge is 0.332 e. The number of rotatable bonds is 2. The third-order valence-corrected chi connectivity index (χ3v) is 4.61. The lowest BCUT2D eigenvalue weighted by Gasteiger charge is -2.31. The molecule has 2 aliphatic rings. The molecule has 0 radical (unpaired) electrons. The number of nitrogens with one attached hydrogen (secondary N) is 1. The summed E-state index contributed by atoms with van der Waals surface area (Å²) in [5.41, 5.74) is -0.177. The Hall–Kier alpha value is -2.64. The molecule has 1 aromatic rings. The Morgan fingerprint density at radius 3 is 2.87 bits per heavy atom. The number of nitro benzene ring substituents is 1. The number of nitro groups is 1. The SMILES string of the molecule is Cc1c(NC(=O)N2CCCC23CCOC3=O)cccc1[N+](=O)[O-]. The molecule has 0 bridgehead atoms. The molecule has 1 atom stereocenters. The molecule has 1 N–H and O–H groups in total. The molecule has 2 fully saturated rings. The summed E-state index contributed by atoms with van der Waals surface area (Å²) < 4.78 is 5.05. The van der Waals surface area contributed by atoms with E-state index in [9.17, 15) is 19.7 Å². The molecule has 23 heavy (non-hydrogen) atoms. The third kappa shape index (κ3) is 2.39. The normalized spacial score (nSPS) is 23.2. The number of ether oxygens (including phenoxy) is 1. The van der Waals surface area contributed by atoms with Gasteiger partial charge in [0.25, 0.3) is 5.69 Å². The zero-order chi connectivity index (χ0) is 16.6. The van der Waals surface area contributed by atoms with Crippen molar-refractivity contribution in [2.45, 2.75) is 31.7 Å². The second kappa shape index (κ2) is 5.53. The number of hydrogen-bond acceptors (Lipinski definition) is 5. The molecule has 1 aromatic carbocycles. The van der Waals surface area contributed by atoms with E-state index in [0.717, 1.165) is 6.42 Å². The molecule has 2 amide bonds. The highest BCUT2D eigenvalue weighted by atomic mass is 16.6. The summed E-state index contributed by atoms with van der Waals surface area (Å²) in [6, 6.07) is 4.08. The second-order valence-electron chi connectivity index (χ2n) is 5.81. The maximum Gasteiger partial charge on any atom is 0.332 e. The molecule has 3 rings (SSSR count). The van der Waals surface area contributed by atoms with Crippen LogP contribution in [0.15, 0.2) is 18.2 Å². The van der Waals surface area contributed by atoms with E-state index in [2.05, 4.69) is 5.32 Å². The summed E-state index contributed by atoms with van der Waals surface area (Å²) in [5, 5.41) is 13.7. The van der Waals surface area contributed by atoms with E-state index in [0.29, 0.717) is 37.2 Å². The standard InChI is InChI=1S/C15H17N3O5/c1-10-11(4-2-5-12(10)18(21)22)16-14(20)17-8-3-6-15(17)7-9-23-13(15)19/h2,4-5H,3,6-9H2,1H3,(H,16,20). The van der Waals surface area contributed by atoms with Gasteiger partial charge >= 0.3 is 12.0 Å². The van der Waals surface area contributed by atoms with Crippen molar-refractivity contribution in [3.05, 3.63) is 33.9 Å². The highest BCUT2D eigenvalue weighted by Gasteiger charge is 2.54. The largest absolute Gasteiger partial charge is 0.464 e. The average molecular weight is 319 g/mol. The summed E-state index contributed by atoms with van der Waals surface area (Å²) in [6.45, 7) is 2.37. The van der Waals surface area contributed by atoms with Gasteiger partial charge in [-0.15, -0.1) is 0 Å². The zero-order valence-electron chi connectivity index (χ0n) is 12.7. The molecule has 2 aliphatic heterocycles. The highest BCUT2D eigenvalue weighted by molar-refractivity contribution is 5.96. The molecule has 0 aliphatic carbocycles. The van der Waals surface area contributed by atoms with Crippen LogP contribution in [0.4, 0.5) is 16.2 Å². The Balaban J connectivity index is 1.84. The van der Waals surface area contributed by atoms with Crippen molar-refractivity contribution in [3.8, 4) is 0 Å². The maximum atomic E-state index is 12.6. The molecular weight excluding hydrogens is 302 g/mol. The van der Waals surface area contributed by atoms with Gasteiger partial charge in [0.15, 0.2) is 0 Å². The molecule has 2 heterocycles.